The topological polar surface area (TPSA) is 87.2 Å². The van der Waals surface area contributed by atoms with Gasteiger partial charge in [-0.05, 0) is 29.3 Å². The molecular weight excluding hydrogens is 292 g/mol. The van der Waals surface area contributed by atoms with Crippen molar-refractivity contribution in [2.24, 2.45) is 0 Å². The fourth-order valence-electron chi connectivity index (χ4n) is 1.75. The van der Waals surface area contributed by atoms with Gasteiger partial charge in [0.15, 0.2) is 0 Å². The lowest BCUT2D eigenvalue weighted by atomic mass is 10.0. The van der Waals surface area contributed by atoms with Crippen LogP contribution in [-0.2, 0) is 0 Å². The highest BCUT2D eigenvalue weighted by Crippen LogP contribution is 2.27. The van der Waals surface area contributed by atoms with Crippen molar-refractivity contribution in [1.29, 1.82) is 5.26 Å². The molecule has 0 saturated heterocycles. The highest BCUT2D eigenvalue weighted by Gasteiger charge is 2.09. The average molecular weight is 301 g/mol. The van der Waals surface area contributed by atoms with Gasteiger partial charge in [-0.25, -0.2) is 0 Å². The van der Waals surface area contributed by atoms with E-state index in [2.05, 4.69) is 0 Å². The fourth-order valence-corrected chi connectivity index (χ4v) is 1.94. The molecule has 0 aliphatic rings. The second-order valence-electron chi connectivity index (χ2n) is 4.19. The minimum atomic E-state index is -0.518. The number of phenols is 1. The van der Waals surface area contributed by atoms with Crippen LogP contribution in [0.15, 0.2) is 42.5 Å². The molecule has 0 saturated carbocycles. The number of halogens is 1. The molecule has 0 heterocycles. The first-order chi connectivity index (χ1) is 10.0. The number of nitro benzene ring substituents is 1. The Balaban J connectivity index is 2.46. The van der Waals surface area contributed by atoms with E-state index in [0.29, 0.717) is 11.1 Å². The number of nitriles is 1. The van der Waals surface area contributed by atoms with Crippen molar-refractivity contribution in [1.82, 2.24) is 0 Å². The number of nitrogens with zero attached hydrogens (tertiary/aromatic N) is 2. The summed E-state index contributed by atoms with van der Waals surface area (Å²) in [5.74, 6) is -0.0531. The minimum absolute atomic E-state index is 0.0531. The quantitative estimate of drug-likeness (QED) is 0.401. The van der Waals surface area contributed by atoms with E-state index in [-0.39, 0.29) is 22.0 Å². The summed E-state index contributed by atoms with van der Waals surface area (Å²) in [4.78, 5) is 10.2. The summed E-state index contributed by atoms with van der Waals surface area (Å²) >= 11 is 5.80. The van der Waals surface area contributed by atoms with E-state index >= 15 is 0 Å². The summed E-state index contributed by atoms with van der Waals surface area (Å²) in [6.07, 6.45) is 1.55. The van der Waals surface area contributed by atoms with Crippen molar-refractivity contribution < 1.29 is 10.0 Å². The SMILES string of the molecule is N#CC(=Cc1ccc(O)c(Cl)c1)c1cccc([N+](=O)[O-])c1. The predicted octanol–water partition coefficient (Wildman–Crippen LogP) is 4.02. The predicted molar refractivity (Wildman–Crippen MR) is 79.7 cm³/mol. The van der Waals surface area contributed by atoms with Crippen LogP contribution in [-0.4, -0.2) is 10.0 Å². The Morgan fingerprint density at radius 1 is 1.33 bits per heavy atom. The number of benzene rings is 2. The van der Waals surface area contributed by atoms with Gasteiger partial charge in [0.25, 0.3) is 5.69 Å². The van der Waals surface area contributed by atoms with Gasteiger partial charge < -0.3 is 5.11 Å². The molecule has 0 aliphatic carbocycles. The van der Waals surface area contributed by atoms with Crippen molar-refractivity contribution >= 4 is 28.9 Å². The monoisotopic (exact) mass is 300 g/mol. The van der Waals surface area contributed by atoms with Gasteiger partial charge in [0.1, 0.15) is 5.75 Å². The van der Waals surface area contributed by atoms with Gasteiger partial charge in [0.2, 0.25) is 0 Å². The van der Waals surface area contributed by atoms with Crippen LogP contribution in [0.4, 0.5) is 5.69 Å². The molecule has 2 aromatic carbocycles. The number of phenolic OH excluding ortho intramolecular Hbond substituents is 1. The summed E-state index contributed by atoms with van der Waals surface area (Å²) in [5.41, 5.74) is 1.23. The van der Waals surface area contributed by atoms with Crippen molar-refractivity contribution in [3.05, 3.63) is 68.7 Å². The zero-order chi connectivity index (χ0) is 15.4. The zero-order valence-electron chi connectivity index (χ0n) is 10.7. The lowest BCUT2D eigenvalue weighted by molar-refractivity contribution is -0.384. The molecule has 5 nitrogen and oxygen atoms in total. The van der Waals surface area contributed by atoms with Crippen LogP contribution in [0.2, 0.25) is 5.02 Å². The maximum Gasteiger partial charge on any atom is 0.270 e. The molecule has 0 aromatic heterocycles. The molecule has 0 radical (unpaired) electrons. The molecule has 0 amide bonds. The molecule has 21 heavy (non-hydrogen) atoms. The number of non-ortho nitro benzene ring substituents is 1. The lowest BCUT2D eigenvalue weighted by Crippen LogP contribution is -1.89. The highest BCUT2D eigenvalue weighted by atomic mass is 35.5. The van der Waals surface area contributed by atoms with E-state index in [1.807, 2.05) is 6.07 Å². The molecule has 0 bridgehead atoms. The number of rotatable bonds is 3. The maximum absolute atomic E-state index is 10.8. The normalized spacial score (nSPS) is 11.0. The Kier molecular flexibility index (Phi) is 4.21. The van der Waals surface area contributed by atoms with E-state index in [0.717, 1.165) is 0 Å². The van der Waals surface area contributed by atoms with Gasteiger partial charge in [-0.15, -0.1) is 0 Å². The molecule has 0 aliphatic heterocycles. The first-order valence-electron chi connectivity index (χ1n) is 5.86. The van der Waals surface area contributed by atoms with Gasteiger partial charge >= 0.3 is 0 Å². The van der Waals surface area contributed by atoms with E-state index in [4.69, 9.17) is 11.6 Å². The smallest absolute Gasteiger partial charge is 0.270 e. The van der Waals surface area contributed by atoms with Crippen molar-refractivity contribution in [2.45, 2.75) is 0 Å². The van der Waals surface area contributed by atoms with Crippen molar-refractivity contribution in [3.63, 3.8) is 0 Å². The molecule has 1 N–H and O–H groups in total. The molecule has 6 heteroatoms. The number of nitro groups is 1. The molecular formula is C15H9ClN2O3. The first kappa shape index (κ1) is 14.6. The largest absolute Gasteiger partial charge is 0.506 e. The van der Waals surface area contributed by atoms with Gasteiger partial charge in [-0.2, -0.15) is 5.26 Å². The third-order valence-electron chi connectivity index (χ3n) is 2.77. The Hall–Kier alpha value is -2.84. The van der Waals surface area contributed by atoms with E-state index < -0.39 is 4.92 Å². The summed E-state index contributed by atoms with van der Waals surface area (Å²) in [6.45, 7) is 0. The van der Waals surface area contributed by atoms with E-state index in [1.165, 1.54) is 30.3 Å². The third-order valence-corrected chi connectivity index (χ3v) is 3.07. The number of aromatic hydroxyl groups is 1. The second kappa shape index (κ2) is 6.07. The lowest BCUT2D eigenvalue weighted by Gasteiger charge is -2.02. The van der Waals surface area contributed by atoms with Crippen LogP contribution in [0.25, 0.3) is 11.6 Å². The van der Waals surface area contributed by atoms with Gasteiger partial charge in [0.05, 0.1) is 21.6 Å². The Morgan fingerprint density at radius 3 is 2.71 bits per heavy atom. The van der Waals surface area contributed by atoms with Crippen molar-refractivity contribution in [3.8, 4) is 11.8 Å². The fraction of sp³-hybridized carbons (Fsp3) is 0. The molecule has 0 fully saturated rings. The maximum atomic E-state index is 10.8. The molecule has 0 spiro atoms. The molecule has 2 rings (SSSR count). The van der Waals surface area contributed by atoms with E-state index in [1.54, 1.807) is 18.2 Å². The number of hydrogen-bond acceptors (Lipinski definition) is 4. The Bertz CT molecular complexity index is 779. The number of allylic oxidation sites excluding steroid dienone is 1. The molecule has 104 valence electrons. The van der Waals surface area contributed by atoms with Crippen molar-refractivity contribution in [2.75, 3.05) is 0 Å². The summed E-state index contributed by atoms with van der Waals surface area (Å²) in [7, 11) is 0. The Morgan fingerprint density at radius 2 is 2.10 bits per heavy atom. The first-order valence-corrected chi connectivity index (χ1v) is 6.24. The average Bonchev–Trinajstić information content (AvgIpc) is 2.48. The summed E-state index contributed by atoms with van der Waals surface area (Å²) < 4.78 is 0. The molecule has 2 aromatic rings. The molecule has 0 atom stereocenters. The van der Waals surface area contributed by atoms with E-state index in [9.17, 15) is 20.5 Å². The van der Waals surface area contributed by atoms with Gasteiger partial charge in [-0.3, -0.25) is 10.1 Å². The van der Waals surface area contributed by atoms with Crippen LogP contribution < -0.4 is 0 Å². The second-order valence-corrected chi connectivity index (χ2v) is 4.60. The van der Waals surface area contributed by atoms with Gasteiger partial charge in [-0.1, -0.05) is 29.8 Å². The summed E-state index contributed by atoms with van der Waals surface area (Å²) in [5, 5.41) is 29.5. The van der Waals surface area contributed by atoms with Crippen LogP contribution in [0.1, 0.15) is 11.1 Å². The Labute approximate surface area is 125 Å². The van der Waals surface area contributed by atoms with Crippen LogP contribution >= 0.6 is 11.6 Å². The van der Waals surface area contributed by atoms with Crippen LogP contribution in [0.3, 0.4) is 0 Å². The van der Waals surface area contributed by atoms with Crippen LogP contribution in [0, 0.1) is 21.4 Å². The highest BCUT2D eigenvalue weighted by molar-refractivity contribution is 6.32. The number of hydrogen-bond donors (Lipinski definition) is 1. The summed E-state index contributed by atoms with van der Waals surface area (Å²) in [6, 6.07) is 12.3. The molecule has 0 unspecified atom stereocenters. The minimum Gasteiger partial charge on any atom is -0.506 e. The van der Waals surface area contributed by atoms with Gasteiger partial charge in [0, 0.05) is 12.1 Å². The van der Waals surface area contributed by atoms with Crippen LogP contribution in [0.5, 0.6) is 5.75 Å². The zero-order valence-corrected chi connectivity index (χ0v) is 11.4. The third kappa shape index (κ3) is 3.38. The standard InChI is InChI=1S/C15H9ClN2O3/c16-14-7-10(4-5-15(14)19)6-12(9-17)11-2-1-3-13(8-11)18(20)21/h1-8,19H.